The number of hydrogen-bond acceptors (Lipinski definition) is 2. The van der Waals surface area contributed by atoms with E-state index in [1.54, 1.807) is 12.4 Å². The van der Waals surface area contributed by atoms with Gasteiger partial charge in [-0.15, -0.1) is 0 Å². The molecule has 0 saturated heterocycles. The van der Waals surface area contributed by atoms with Crippen LogP contribution in [-0.2, 0) is 4.79 Å². The van der Waals surface area contributed by atoms with Gasteiger partial charge in [-0.2, -0.15) is 0 Å². The number of nitrogens with zero attached hydrogens (tertiary/aromatic N) is 1. The van der Waals surface area contributed by atoms with E-state index in [0.29, 0.717) is 5.92 Å². The summed E-state index contributed by atoms with van der Waals surface area (Å²) < 4.78 is 0. The van der Waals surface area contributed by atoms with Gasteiger partial charge in [0.05, 0.1) is 12.0 Å². The first-order chi connectivity index (χ1) is 9.34. The molecule has 0 spiro atoms. The molecule has 1 aliphatic rings. The Morgan fingerprint density at radius 1 is 1.45 bits per heavy atom. The predicted molar refractivity (Wildman–Crippen MR) is 81.0 cm³/mol. The van der Waals surface area contributed by atoms with Crippen molar-refractivity contribution < 1.29 is 4.79 Å². The lowest BCUT2D eigenvalue weighted by molar-refractivity contribution is -0.123. The molecule has 2 rings (SSSR count). The van der Waals surface area contributed by atoms with E-state index in [4.69, 9.17) is 0 Å². The molecule has 3 nitrogen and oxygen atoms in total. The van der Waals surface area contributed by atoms with Crippen molar-refractivity contribution in [1.82, 2.24) is 10.3 Å². The van der Waals surface area contributed by atoms with Crippen molar-refractivity contribution in [1.29, 1.82) is 0 Å². The van der Waals surface area contributed by atoms with Crippen molar-refractivity contribution in [3.05, 3.63) is 41.7 Å². The molecule has 1 aliphatic carbocycles. The van der Waals surface area contributed by atoms with E-state index in [1.165, 1.54) is 5.57 Å². The zero-order valence-electron chi connectivity index (χ0n) is 13.0. The fraction of sp³-hybridized carbons (Fsp3) is 0.529. The van der Waals surface area contributed by atoms with Crippen LogP contribution in [-0.4, -0.2) is 10.9 Å². The third-order valence-corrected chi connectivity index (χ3v) is 4.25. The summed E-state index contributed by atoms with van der Waals surface area (Å²) >= 11 is 0. The Labute approximate surface area is 121 Å². The Morgan fingerprint density at radius 2 is 2.15 bits per heavy atom. The van der Waals surface area contributed by atoms with Crippen molar-refractivity contribution >= 4 is 5.91 Å². The average molecular weight is 272 g/mol. The van der Waals surface area contributed by atoms with Crippen LogP contribution < -0.4 is 5.32 Å². The summed E-state index contributed by atoms with van der Waals surface area (Å²) in [5.74, 6) is 0.582. The number of carbonyl (C=O) groups excluding carboxylic acids is 1. The van der Waals surface area contributed by atoms with Crippen LogP contribution in [0.15, 0.2) is 36.2 Å². The number of carbonyl (C=O) groups is 1. The fourth-order valence-electron chi connectivity index (χ4n) is 2.87. The van der Waals surface area contributed by atoms with Gasteiger partial charge in [0, 0.05) is 12.4 Å². The van der Waals surface area contributed by atoms with Crippen LogP contribution in [0.4, 0.5) is 0 Å². The van der Waals surface area contributed by atoms with Crippen molar-refractivity contribution in [3.8, 4) is 0 Å². The van der Waals surface area contributed by atoms with Crippen molar-refractivity contribution in [2.24, 2.45) is 17.3 Å². The number of amides is 1. The minimum Gasteiger partial charge on any atom is -0.349 e. The molecule has 1 aromatic heterocycles. The fourth-order valence-corrected chi connectivity index (χ4v) is 2.87. The summed E-state index contributed by atoms with van der Waals surface area (Å²) in [6.45, 7) is 10.5. The van der Waals surface area contributed by atoms with Crippen LogP contribution in [0.2, 0.25) is 0 Å². The predicted octanol–water partition coefficient (Wildman–Crippen LogP) is 3.50. The van der Waals surface area contributed by atoms with Gasteiger partial charge < -0.3 is 5.32 Å². The van der Waals surface area contributed by atoms with Gasteiger partial charge in [-0.05, 0) is 43.7 Å². The maximum atomic E-state index is 12.4. The van der Waals surface area contributed by atoms with Gasteiger partial charge in [0.15, 0.2) is 0 Å². The summed E-state index contributed by atoms with van der Waals surface area (Å²) in [6.07, 6.45) is 5.77. The molecular formula is C17H24N2O. The largest absolute Gasteiger partial charge is 0.349 e. The van der Waals surface area contributed by atoms with E-state index in [-0.39, 0.29) is 23.3 Å². The first-order valence-corrected chi connectivity index (χ1v) is 7.19. The quantitative estimate of drug-likeness (QED) is 0.852. The Bertz CT molecular complexity index is 515. The highest BCUT2D eigenvalue weighted by atomic mass is 16.2. The molecule has 0 bridgehead atoms. The Hall–Kier alpha value is -1.64. The van der Waals surface area contributed by atoms with E-state index in [1.807, 2.05) is 19.1 Å². The maximum Gasteiger partial charge on any atom is 0.224 e. The molecule has 0 aromatic carbocycles. The number of nitrogens with one attached hydrogen (secondary N) is 1. The van der Waals surface area contributed by atoms with Crippen LogP contribution in [0.5, 0.6) is 0 Å². The Balaban J connectivity index is 2.02. The van der Waals surface area contributed by atoms with Gasteiger partial charge in [0.25, 0.3) is 0 Å². The SMILES string of the molecule is CC(C)=CC1C(C(=O)NC(C)c2cccnc2)C1(C)C. The summed E-state index contributed by atoms with van der Waals surface area (Å²) in [6, 6.07) is 3.88. The Morgan fingerprint density at radius 3 is 2.70 bits per heavy atom. The molecular weight excluding hydrogens is 248 g/mol. The second-order valence-electron chi connectivity index (χ2n) is 6.59. The van der Waals surface area contributed by atoms with Gasteiger partial charge >= 0.3 is 0 Å². The van der Waals surface area contributed by atoms with Crippen LogP contribution in [0.1, 0.15) is 46.2 Å². The summed E-state index contributed by atoms with van der Waals surface area (Å²) in [5, 5.41) is 3.11. The first-order valence-electron chi connectivity index (χ1n) is 7.19. The summed E-state index contributed by atoms with van der Waals surface area (Å²) in [4.78, 5) is 16.5. The lowest BCUT2D eigenvalue weighted by Gasteiger charge is -2.14. The van der Waals surface area contributed by atoms with E-state index in [9.17, 15) is 4.79 Å². The molecule has 3 heteroatoms. The van der Waals surface area contributed by atoms with Gasteiger partial charge in [0.2, 0.25) is 5.91 Å². The highest BCUT2D eigenvalue weighted by Crippen LogP contribution is 2.59. The zero-order chi connectivity index (χ0) is 14.9. The molecule has 1 aromatic rings. The highest BCUT2D eigenvalue weighted by Gasteiger charge is 2.60. The van der Waals surface area contributed by atoms with Gasteiger partial charge in [0.1, 0.15) is 0 Å². The minimum absolute atomic E-state index is 0.0000435. The molecule has 3 atom stereocenters. The van der Waals surface area contributed by atoms with E-state index in [2.05, 4.69) is 44.1 Å². The first kappa shape index (κ1) is 14.8. The smallest absolute Gasteiger partial charge is 0.224 e. The lowest BCUT2D eigenvalue weighted by atomic mass is 10.1. The topological polar surface area (TPSA) is 42.0 Å². The van der Waals surface area contributed by atoms with Crippen LogP contribution in [0.3, 0.4) is 0 Å². The standard InChI is InChI=1S/C17H24N2O/c1-11(2)9-14-15(17(14,4)5)16(20)19-12(3)13-7-6-8-18-10-13/h6-10,12,14-15H,1-5H3,(H,19,20). The van der Waals surface area contributed by atoms with Gasteiger partial charge in [-0.25, -0.2) is 0 Å². The number of rotatable bonds is 4. The molecule has 20 heavy (non-hydrogen) atoms. The van der Waals surface area contributed by atoms with Crippen molar-refractivity contribution in [2.75, 3.05) is 0 Å². The second-order valence-corrected chi connectivity index (χ2v) is 6.59. The van der Waals surface area contributed by atoms with Crippen LogP contribution in [0, 0.1) is 17.3 Å². The second kappa shape index (κ2) is 5.39. The molecule has 1 fully saturated rings. The van der Waals surface area contributed by atoms with Gasteiger partial charge in [-0.1, -0.05) is 31.6 Å². The van der Waals surface area contributed by atoms with Crippen molar-refractivity contribution in [2.45, 2.75) is 40.7 Å². The number of aromatic nitrogens is 1. The van der Waals surface area contributed by atoms with E-state index in [0.717, 1.165) is 5.56 Å². The zero-order valence-corrected chi connectivity index (χ0v) is 13.0. The number of hydrogen-bond donors (Lipinski definition) is 1. The normalized spacial score (nSPS) is 24.6. The molecule has 108 valence electrons. The van der Waals surface area contributed by atoms with E-state index >= 15 is 0 Å². The average Bonchev–Trinajstić information content (AvgIpc) is 2.91. The van der Waals surface area contributed by atoms with Crippen molar-refractivity contribution in [3.63, 3.8) is 0 Å². The van der Waals surface area contributed by atoms with Gasteiger partial charge in [-0.3, -0.25) is 9.78 Å². The Kier molecular flexibility index (Phi) is 3.98. The molecule has 0 radical (unpaired) electrons. The highest BCUT2D eigenvalue weighted by molar-refractivity contribution is 5.84. The number of allylic oxidation sites excluding steroid dienone is 2. The molecule has 1 amide bonds. The van der Waals surface area contributed by atoms with E-state index < -0.39 is 0 Å². The molecule has 1 saturated carbocycles. The monoisotopic (exact) mass is 272 g/mol. The minimum atomic E-state index is -0.0000435. The maximum absolute atomic E-state index is 12.4. The van der Waals surface area contributed by atoms with Crippen LogP contribution in [0.25, 0.3) is 0 Å². The third kappa shape index (κ3) is 2.92. The molecule has 1 heterocycles. The summed E-state index contributed by atoms with van der Waals surface area (Å²) in [5.41, 5.74) is 2.38. The molecule has 1 N–H and O–H groups in total. The summed E-state index contributed by atoms with van der Waals surface area (Å²) in [7, 11) is 0. The molecule has 0 aliphatic heterocycles. The third-order valence-electron chi connectivity index (χ3n) is 4.25. The molecule has 3 unspecified atom stereocenters. The van der Waals surface area contributed by atoms with Crippen LogP contribution >= 0.6 is 0 Å². The lowest BCUT2D eigenvalue weighted by Crippen LogP contribution is -2.29. The number of pyridine rings is 1.